The molecule has 0 fully saturated rings. The lowest BCUT2D eigenvalue weighted by molar-refractivity contribution is 0.600. The van der Waals surface area contributed by atoms with Gasteiger partial charge in [0.1, 0.15) is 10.8 Å². The Morgan fingerprint density at radius 2 is 1.89 bits per heavy atom. The summed E-state index contributed by atoms with van der Waals surface area (Å²) in [6.45, 7) is 1.93. The van der Waals surface area contributed by atoms with Crippen molar-refractivity contribution in [3.05, 3.63) is 64.9 Å². The SMILES string of the molecule is CC(N)(c1ccccc1)c1nc2ccc(F)cc2s1. The molecule has 0 aliphatic heterocycles. The van der Waals surface area contributed by atoms with E-state index in [1.807, 2.05) is 37.3 Å². The maximum atomic E-state index is 13.2. The van der Waals surface area contributed by atoms with Crippen molar-refractivity contribution in [3.63, 3.8) is 0 Å². The minimum absolute atomic E-state index is 0.249. The Balaban J connectivity index is 2.13. The van der Waals surface area contributed by atoms with Crippen LogP contribution in [0.4, 0.5) is 4.39 Å². The number of hydrogen-bond donors (Lipinski definition) is 1. The van der Waals surface area contributed by atoms with Crippen molar-refractivity contribution < 1.29 is 4.39 Å². The van der Waals surface area contributed by atoms with Crippen LogP contribution in [0, 0.1) is 5.82 Å². The molecule has 0 saturated heterocycles. The van der Waals surface area contributed by atoms with Crippen LogP contribution in [-0.4, -0.2) is 4.98 Å². The highest BCUT2D eigenvalue weighted by Crippen LogP contribution is 2.33. The maximum absolute atomic E-state index is 13.2. The molecule has 0 spiro atoms. The van der Waals surface area contributed by atoms with Gasteiger partial charge in [0.15, 0.2) is 0 Å². The first-order valence-electron chi connectivity index (χ1n) is 5.98. The van der Waals surface area contributed by atoms with Crippen molar-refractivity contribution in [3.8, 4) is 0 Å². The van der Waals surface area contributed by atoms with Crippen molar-refractivity contribution in [2.75, 3.05) is 0 Å². The minimum Gasteiger partial charge on any atom is -0.316 e. The normalized spacial score (nSPS) is 14.5. The predicted octanol–water partition coefficient (Wildman–Crippen LogP) is 3.66. The molecule has 3 rings (SSSR count). The summed E-state index contributed by atoms with van der Waals surface area (Å²) in [7, 11) is 0. The van der Waals surface area contributed by atoms with E-state index in [0.717, 1.165) is 20.8 Å². The molecular formula is C15H13FN2S. The van der Waals surface area contributed by atoms with Crippen LogP contribution < -0.4 is 5.73 Å². The van der Waals surface area contributed by atoms with Gasteiger partial charge < -0.3 is 5.73 Å². The molecule has 96 valence electrons. The first-order valence-corrected chi connectivity index (χ1v) is 6.80. The van der Waals surface area contributed by atoms with Crippen molar-refractivity contribution >= 4 is 21.6 Å². The molecule has 3 aromatic rings. The molecule has 1 aromatic heterocycles. The second-order valence-corrected chi connectivity index (χ2v) is 5.73. The molecule has 0 aliphatic carbocycles. The molecule has 4 heteroatoms. The van der Waals surface area contributed by atoms with Gasteiger partial charge in [0.25, 0.3) is 0 Å². The molecular weight excluding hydrogens is 259 g/mol. The number of benzene rings is 2. The number of nitrogens with two attached hydrogens (primary N) is 1. The Bertz CT molecular complexity index is 719. The molecule has 0 saturated carbocycles. The average molecular weight is 272 g/mol. The molecule has 0 bridgehead atoms. The Hall–Kier alpha value is -1.78. The number of halogens is 1. The van der Waals surface area contributed by atoms with E-state index in [1.165, 1.54) is 23.5 Å². The highest BCUT2D eigenvalue weighted by molar-refractivity contribution is 7.18. The molecule has 1 unspecified atom stereocenters. The van der Waals surface area contributed by atoms with Gasteiger partial charge in [-0.1, -0.05) is 30.3 Å². The van der Waals surface area contributed by atoms with E-state index in [1.54, 1.807) is 6.07 Å². The molecule has 1 atom stereocenters. The predicted molar refractivity (Wildman–Crippen MR) is 76.7 cm³/mol. The van der Waals surface area contributed by atoms with Gasteiger partial charge in [-0.3, -0.25) is 0 Å². The number of rotatable bonds is 2. The van der Waals surface area contributed by atoms with Crippen molar-refractivity contribution in [1.29, 1.82) is 0 Å². The fraction of sp³-hybridized carbons (Fsp3) is 0.133. The van der Waals surface area contributed by atoms with E-state index in [0.29, 0.717) is 0 Å². The third-order valence-corrected chi connectivity index (χ3v) is 4.42. The Labute approximate surface area is 114 Å². The summed E-state index contributed by atoms with van der Waals surface area (Å²) in [5.41, 5.74) is 7.53. The summed E-state index contributed by atoms with van der Waals surface area (Å²) in [6, 6.07) is 14.4. The summed E-state index contributed by atoms with van der Waals surface area (Å²) < 4.78 is 14.0. The summed E-state index contributed by atoms with van der Waals surface area (Å²) in [5, 5.41) is 0.791. The van der Waals surface area contributed by atoms with Gasteiger partial charge in [-0.25, -0.2) is 9.37 Å². The average Bonchev–Trinajstić information content (AvgIpc) is 2.83. The summed E-state index contributed by atoms with van der Waals surface area (Å²) >= 11 is 1.44. The summed E-state index contributed by atoms with van der Waals surface area (Å²) in [5.74, 6) is -0.249. The molecule has 1 heterocycles. The number of fused-ring (bicyclic) bond motifs is 1. The van der Waals surface area contributed by atoms with E-state index in [2.05, 4.69) is 4.98 Å². The summed E-state index contributed by atoms with van der Waals surface area (Å²) in [6.07, 6.45) is 0. The minimum atomic E-state index is -0.665. The van der Waals surface area contributed by atoms with Crippen molar-refractivity contribution in [2.45, 2.75) is 12.5 Å². The fourth-order valence-electron chi connectivity index (χ4n) is 2.03. The zero-order valence-electron chi connectivity index (χ0n) is 10.4. The Morgan fingerprint density at radius 3 is 2.63 bits per heavy atom. The number of aromatic nitrogens is 1. The maximum Gasteiger partial charge on any atom is 0.124 e. The van der Waals surface area contributed by atoms with Crippen LogP contribution in [0.2, 0.25) is 0 Å². The topological polar surface area (TPSA) is 38.9 Å². The van der Waals surface area contributed by atoms with E-state index < -0.39 is 5.54 Å². The highest BCUT2D eigenvalue weighted by Gasteiger charge is 2.27. The largest absolute Gasteiger partial charge is 0.316 e. The third kappa shape index (κ3) is 2.13. The first-order chi connectivity index (χ1) is 9.07. The molecule has 19 heavy (non-hydrogen) atoms. The molecule has 0 aliphatic rings. The lowest BCUT2D eigenvalue weighted by Gasteiger charge is -2.22. The van der Waals surface area contributed by atoms with E-state index >= 15 is 0 Å². The van der Waals surface area contributed by atoms with Crippen molar-refractivity contribution in [1.82, 2.24) is 4.98 Å². The number of hydrogen-bond acceptors (Lipinski definition) is 3. The van der Waals surface area contributed by atoms with E-state index in [9.17, 15) is 4.39 Å². The van der Waals surface area contributed by atoms with Gasteiger partial charge in [0.2, 0.25) is 0 Å². The van der Waals surface area contributed by atoms with Gasteiger partial charge in [-0.05, 0) is 30.7 Å². The van der Waals surface area contributed by atoms with Crippen molar-refractivity contribution in [2.24, 2.45) is 5.73 Å². The van der Waals surface area contributed by atoms with Crippen LogP contribution in [0.15, 0.2) is 48.5 Å². The lowest BCUT2D eigenvalue weighted by Crippen LogP contribution is -2.34. The van der Waals surface area contributed by atoms with Crippen LogP contribution in [0.25, 0.3) is 10.2 Å². The molecule has 0 amide bonds. The standard InChI is InChI=1S/C15H13FN2S/c1-15(17,10-5-3-2-4-6-10)14-18-12-8-7-11(16)9-13(12)19-14/h2-9H,17H2,1H3. The van der Waals surface area contributed by atoms with E-state index in [-0.39, 0.29) is 5.82 Å². The van der Waals surface area contributed by atoms with Crippen LogP contribution in [0.5, 0.6) is 0 Å². The lowest BCUT2D eigenvalue weighted by atomic mass is 9.94. The molecule has 2 nitrogen and oxygen atoms in total. The first kappa shape index (κ1) is 12.3. The fourth-order valence-corrected chi connectivity index (χ4v) is 3.10. The van der Waals surface area contributed by atoms with Crippen LogP contribution >= 0.6 is 11.3 Å². The number of nitrogens with zero attached hydrogens (tertiary/aromatic N) is 1. The van der Waals surface area contributed by atoms with E-state index in [4.69, 9.17) is 5.73 Å². The highest BCUT2D eigenvalue weighted by atomic mass is 32.1. The van der Waals surface area contributed by atoms with Crippen LogP contribution in [0.3, 0.4) is 0 Å². The van der Waals surface area contributed by atoms with Gasteiger partial charge in [-0.15, -0.1) is 11.3 Å². The zero-order chi connectivity index (χ0) is 13.5. The van der Waals surface area contributed by atoms with Gasteiger partial charge in [0, 0.05) is 0 Å². The van der Waals surface area contributed by atoms with Crippen LogP contribution in [-0.2, 0) is 5.54 Å². The van der Waals surface area contributed by atoms with Crippen LogP contribution in [0.1, 0.15) is 17.5 Å². The van der Waals surface area contributed by atoms with Gasteiger partial charge in [-0.2, -0.15) is 0 Å². The van der Waals surface area contributed by atoms with Gasteiger partial charge >= 0.3 is 0 Å². The molecule has 2 N–H and O–H groups in total. The smallest absolute Gasteiger partial charge is 0.124 e. The molecule has 2 aromatic carbocycles. The second-order valence-electron chi connectivity index (χ2n) is 4.70. The summed E-state index contributed by atoms with van der Waals surface area (Å²) in [4.78, 5) is 4.53. The van der Waals surface area contributed by atoms with Gasteiger partial charge in [0.05, 0.1) is 15.8 Å². The second kappa shape index (κ2) is 4.40. The third-order valence-electron chi connectivity index (χ3n) is 3.17. The number of thiazole rings is 1. The molecule has 0 radical (unpaired) electrons. The monoisotopic (exact) mass is 272 g/mol. The Morgan fingerprint density at radius 1 is 1.16 bits per heavy atom. The zero-order valence-corrected chi connectivity index (χ0v) is 11.2. The quantitative estimate of drug-likeness (QED) is 0.773. The Kier molecular flexibility index (Phi) is 2.84.